The fraction of sp³-hybridized carbons (Fsp3) is 0.316. The van der Waals surface area contributed by atoms with Crippen molar-refractivity contribution in [2.75, 3.05) is 0 Å². The van der Waals surface area contributed by atoms with Crippen LogP contribution in [0.2, 0.25) is 0 Å². The Kier molecular flexibility index (Phi) is 4.09. The molecule has 0 aliphatic carbocycles. The maximum absolute atomic E-state index is 11.3. The van der Waals surface area contributed by atoms with Crippen LogP contribution in [-0.2, 0) is 6.54 Å². The van der Waals surface area contributed by atoms with Gasteiger partial charge in [0, 0.05) is 30.1 Å². The van der Waals surface area contributed by atoms with Crippen LogP contribution in [0.25, 0.3) is 0 Å². The van der Waals surface area contributed by atoms with E-state index in [-0.39, 0.29) is 11.6 Å². The number of para-hydroxylation sites is 1. The van der Waals surface area contributed by atoms with Gasteiger partial charge in [-0.2, -0.15) is 0 Å². The van der Waals surface area contributed by atoms with Crippen molar-refractivity contribution in [2.45, 2.75) is 38.5 Å². The van der Waals surface area contributed by atoms with Crippen LogP contribution < -0.4 is 15.8 Å². The van der Waals surface area contributed by atoms with Gasteiger partial charge in [0.15, 0.2) is 0 Å². The zero-order valence-corrected chi connectivity index (χ0v) is 13.5. The third kappa shape index (κ3) is 3.54. The molecule has 23 heavy (non-hydrogen) atoms. The highest BCUT2D eigenvalue weighted by Crippen LogP contribution is 2.39. The summed E-state index contributed by atoms with van der Waals surface area (Å²) < 4.78 is 6.05. The molecule has 0 saturated carbocycles. The molecule has 0 aromatic heterocycles. The van der Waals surface area contributed by atoms with Crippen LogP contribution >= 0.6 is 0 Å². The number of carbonyl (C=O) groups excluding carboxylic acids is 1. The van der Waals surface area contributed by atoms with Crippen LogP contribution in [0.4, 0.5) is 0 Å². The molecule has 1 aliphatic heterocycles. The lowest BCUT2D eigenvalue weighted by Crippen LogP contribution is -2.39. The van der Waals surface area contributed by atoms with Crippen molar-refractivity contribution >= 4 is 5.91 Å². The second-order valence-corrected chi connectivity index (χ2v) is 6.60. The fourth-order valence-electron chi connectivity index (χ4n) is 3.06. The number of fused-ring (bicyclic) bond motifs is 1. The molecule has 1 aliphatic rings. The molecular weight excluding hydrogens is 288 g/mol. The van der Waals surface area contributed by atoms with E-state index in [1.165, 1.54) is 5.56 Å². The maximum atomic E-state index is 11.3. The van der Waals surface area contributed by atoms with Crippen LogP contribution in [0.5, 0.6) is 5.75 Å². The van der Waals surface area contributed by atoms with Gasteiger partial charge in [0.2, 0.25) is 5.91 Å². The van der Waals surface area contributed by atoms with Crippen molar-refractivity contribution in [3.05, 3.63) is 65.2 Å². The van der Waals surface area contributed by atoms with Gasteiger partial charge in [-0.25, -0.2) is 0 Å². The Bertz CT molecular complexity index is 725. The topological polar surface area (TPSA) is 64.3 Å². The van der Waals surface area contributed by atoms with Gasteiger partial charge >= 0.3 is 0 Å². The summed E-state index contributed by atoms with van der Waals surface area (Å²) >= 11 is 0. The molecule has 0 spiro atoms. The fourth-order valence-corrected chi connectivity index (χ4v) is 3.06. The number of primary amides is 1. The summed E-state index contributed by atoms with van der Waals surface area (Å²) in [5, 5.41) is 3.58. The van der Waals surface area contributed by atoms with Crippen LogP contribution in [0, 0.1) is 0 Å². The van der Waals surface area contributed by atoms with Crippen LogP contribution in [0.3, 0.4) is 0 Å². The number of hydrogen-bond acceptors (Lipinski definition) is 3. The number of rotatable bonds is 4. The summed E-state index contributed by atoms with van der Waals surface area (Å²) in [4.78, 5) is 11.3. The average Bonchev–Trinajstić information content (AvgIpc) is 2.52. The van der Waals surface area contributed by atoms with Gasteiger partial charge in [-0.15, -0.1) is 0 Å². The molecule has 3 rings (SSSR count). The van der Waals surface area contributed by atoms with E-state index in [1.807, 2.05) is 36.4 Å². The Hall–Kier alpha value is -2.33. The molecule has 2 aromatic rings. The summed E-state index contributed by atoms with van der Waals surface area (Å²) in [7, 11) is 0. The number of carbonyl (C=O) groups is 1. The van der Waals surface area contributed by atoms with E-state index in [9.17, 15) is 4.79 Å². The highest BCUT2D eigenvalue weighted by molar-refractivity contribution is 5.92. The Morgan fingerprint density at radius 1 is 1.26 bits per heavy atom. The molecule has 1 unspecified atom stereocenters. The smallest absolute Gasteiger partial charge is 0.248 e. The van der Waals surface area contributed by atoms with Crippen LogP contribution in [0.15, 0.2) is 48.5 Å². The predicted octanol–water partition coefficient (Wildman–Crippen LogP) is 3.18. The van der Waals surface area contributed by atoms with E-state index in [0.29, 0.717) is 12.1 Å². The van der Waals surface area contributed by atoms with E-state index in [1.54, 1.807) is 6.07 Å². The van der Waals surface area contributed by atoms with Crippen molar-refractivity contribution in [3.8, 4) is 5.75 Å². The Morgan fingerprint density at radius 3 is 2.83 bits per heavy atom. The molecule has 0 bridgehead atoms. The van der Waals surface area contributed by atoms with E-state index >= 15 is 0 Å². The van der Waals surface area contributed by atoms with E-state index in [0.717, 1.165) is 17.7 Å². The SMILES string of the molecule is CC1(C)CC(NCc2cccc(C(N)=O)c2)c2ccccc2O1. The number of benzene rings is 2. The van der Waals surface area contributed by atoms with Crippen molar-refractivity contribution in [2.24, 2.45) is 5.73 Å². The predicted molar refractivity (Wildman–Crippen MR) is 90.3 cm³/mol. The Labute approximate surface area is 136 Å². The molecular formula is C19H22N2O2. The number of nitrogens with one attached hydrogen (secondary N) is 1. The lowest BCUT2D eigenvalue weighted by molar-refractivity contribution is 0.0657. The first-order valence-electron chi connectivity index (χ1n) is 7.85. The highest BCUT2D eigenvalue weighted by Gasteiger charge is 2.33. The van der Waals surface area contributed by atoms with Crippen molar-refractivity contribution < 1.29 is 9.53 Å². The summed E-state index contributed by atoms with van der Waals surface area (Å²) in [6.45, 7) is 4.88. The third-order valence-electron chi connectivity index (χ3n) is 4.14. The van der Waals surface area contributed by atoms with Gasteiger partial charge in [-0.1, -0.05) is 30.3 Å². The lowest BCUT2D eigenvalue weighted by atomic mass is 9.89. The second-order valence-electron chi connectivity index (χ2n) is 6.60. The van der Waals surface area contributed by atoms with E-state index in [2.05, 4.69) is 25.2 Å². The Morgan fingerprint density at radius 2 is 2.04 bits per heavy atom. The average molecular weight is 310 g/mol. The first-order chi connectivity index (χ1) is 10.9. The quantitative estimate of drug-likeness (QED) is 0.911. The number of ether oxygens (including phenoxy) is 1. The van der Waals surface area contributed by atoms with Gasteiger partial charge in [0.25, 0.3) is 0 Å². The van der Waals surface area contributed by atoms with Gasteiger partial charge in [0.1, 0.15) is 11.4 Å². The molecule has 2 aromatic carbocycles. The standard InChI is InChI=1S/C19H22N2O2/c1-19(2)11-16(15-8-3-4-9-17(15)23-19)21-12-13-6-5-7-14(10-13)18(20)22/h3-10,16,21H,11-12H2,1-2H3,(H2,20,22). The lowest BCUT2D eigenvalue weighted by Gasteiger charge is -2.38. The third-order valence-corrected chi connectivity index (χ3v) is 4.14. The molecule has 4 nitrogen and oxygen atoms in total. The highest BCUT2D eigenvalue weighted by atomic mass is 16.5. The second kappa shape index (κ2) is 6.05. The van der Waals surface area contributed by atoms with E-state index < -0.39 is 5.91 Å². The first-order valence-corrected chi connectivity index (χ1v) is 7.85. The minimum atomic E-state index is -0.399. The summed E-state index contributed by atoms with van der Waals surface area (Å²) in [6.07, 6.45) is 0.888. The summed E-state index contributed by atoms with van der Waals surface area (Å²) in [5.41, 5.74) is 7.90. The molecule has 1 heterocycles. The molecule has 1 atom stereocenters. The van der Waals surface area contributed by atoms with Gasteiger partial charge < -0.3 is 15.8 Å². The van der Waals surface area contributed by atoms with Crippen molar-refractivity contribution in [1.29, 1.82) is 0 Å². The number of nitrogens with two attached hydrogens (primary N) is 1. The molecule has 0 fully saturated rings. The van der Waals surface area contributed by atoms with Gasteiger partial charge in [-0.05, 0) is 37.6 Å². The molecule has 120 valence electrons. The molecule has 0 radical (unpaired) electrons. The minimum absolute atomic E-state index is 0.207. The Balaban J connectivity index is 1.78. The number of amides is 1. The molecule has 0 saturated heterocycles. The maximum Gasteiger partial charge on any atom is 0.248 e. The summed E-state index contributed by atoms with van der Waals surface area (Å²) in [6, 6.07) is 15.8. The zero-order valence-electron chi connectivity index (χ0n) is 13.5. The normalized spacial score (nSPS) is 18.8. The molecule has 1 amide bonds. The number of hydrogen-bond donors (Lipinski definition) is 2. The largest absolute Gasteiger partial charge is 0.487 e. The van der Waals surface area contributed by atoms with Crippen molar-refractivity contribution in [1.82, 2.24) is 5.32 Å². The zero-order chi connectivity index (χ0) is 16.4. The molecule has 3 N–H and O–H groups in total. The van der Waals surface area contributed by atoms with Crippen LogP contribution in [-0.4, -0.2) is 11.5 Å². The van der Waals surface area contributed by atoms with E-state index in [4.69, 9.17) is 10.5 Å². The van der Waals surface area contributed by atoms with Gasteiger partial charge in [0.05, 0.1) is 0 Å². The first kappa shape index (κ1) is 15.6. The monoisotopic (exact) mass is 310 g/mol. The summed E-state index contributed by atoms with van der Waals surface area (Å²) in [5.74, 6) is 0.538. The minimum Gasteiger partial charge on any atom is -0.487 e. The van der Waals surface area contributed by atoms with Crippen molar-refractivity contribution in [3.63, 3.8) is 0 Å². The molecule has 4 heteroatoms. The van der Waals surface area contributed by atoms with Crippen LogP contribution in [0.1, 0.15) is 47.8 Å². The van der Waals surface area contributed by atoms with Gasteiger partial charge in [-0.3, -0.25) is 4.79 Å².